The summed E-state index contributed by atoms with van der Waals surface area (Å²) in [4.78, 5) is 87.5. The van der Waals surface area contributed by atoms with Gasteiger partial charge in [0.2, 0.25) is 23.6 Å². The van der Waals surface area contributed by atoms with Crippen molar-refractivity contribution < 1.29 is 57.2 Å². The van der Waals surface area contributed by atoms with E-state index in [2.05, 4.69) is 21.3 Å². The third-order valence-corrected chi connectivity index (χ3v) is 7.71. The molecule has 0 spiro atoms. The molecule has 0 unspecified atom stereocenters. The predicted molar refractivity (Wildman–Crippen MR) is 170 cm³/mol. The zero-order valence-corrected chi connectivity index (χ0v) is 28.6. The van der Waals surface area contributed by atoms with Crippen LogP contribution < -0.4 is 21.3 Å². The standard InChI is InChI=1S/C32H49N5O12/c1-32(2,3)49-28(43)10-13-33-31(44)20(34-24(39)11-14-37-26(41)8-9-27(37)42)6-5-7-23(38)35-21-18-47-30-22(19-48-29(21)30)36-25(40)12-15-46-17-16-45-4/h8-9,20-22,29-30H,5-7,10-19H2,1-4H3,(H,33,44)(H,34,39)(H,35,38)(H,36,40)/t20-,21-,22-,29+,30+/m0/s1. The van der Waals surface area contributed by atoms with Crippen LogP contribution >= 0.6 is 0 Å². The molecule has 0 bridgehead atoms. The summed E-state index contributed by atoms with van der Waals surface area (Å²) in [5.74, 6) is -3.20. The molecule has 17 nitrogen and oxygen atoms in total. The second-order valence-corrected chi connectivity index (χ2v) is 12.9. The minimum Gasteiger partial charge on any atom is -0.460 e. The van der Waals surface area contributed by atoms with Crippen LogP contribution in [0.15, 0.2) is 12.2 Å². The van der Waals surface area contributed by atoms with Gasteiger partial charge in [-0.25, -0.2) is 0 Å². The molecule has 6 amide bonds. The van der Waals surface area contributed by atoms with Gasteiger partial charge >= 0.3 is 5.97 Å². The first kappa shape index (κ1) is 39.5. The molecule has 0 aromatic heterocycles. The molecule has 2 saturated heterocycles. The van der Waals surface area contributed by atoms with Gasteiger partial charge < -0.3 is 45.0 Å². The minimum absolute atomic E-state index is 0.0249. The van der Waals surface area contributed by atoms with Crippen molar-refractivity contribution in [3.8, 4) is 0 Å². The van der Waals surface area contributed by atoms with Crippen LogP contribution in [0.2, 0.25) is 0 Å². The molecule has 3 aliphatic rings. The number of rotatable bonds is 20. The molecule has 0 saturated carbocycles. The molecule has 0 radical (unpaired) electrons. The number of nitrogens with zero attached hydrogens (tertiary/aromatic N) is 1. The fourth-order valence-electron chi connectivity index (χ4n) is 5.38. The van der Waals surface area contributed by atoms with Crippen molar-refractivity contribution in [2.45, 2.75) is 95.2 Å². The van der Waals surface area contributed by atoms with Gasteiger partial charge in [0.05, 0.1) is 51.5 Å². The molecular weight excluding hydrogens is 646 g/mol. The molecule has 4 N–H and O–H groups in total. The third-order valence-electron chi connectivity index (χ3n) is 7.71. The number of esters is 1. The van der Waals surface area contributed by atoms with Crippen LogP contribution in [-0.4, -0.2) is 135 Å². The van der Waals surface area contributed by atoms with Crippen LogP contribution in [0.25, 0.3) is 0 Å². The minimum atomic E-state index is -1.05. The summed E-state index contributed by atoms with van der Waals surface area (Å²) in [6, 6.07) is -1.85. The van der Waals surface area contributed by atoms with Crippen LogP contribution in [0.4, 0.5) is 0 Å². The number of amides is 6. The third kappa shape index (κ3) is 13.5. The fraction of sp³-hybridized carbons (Fsp3) is 0.719. The first-order valence-corrected chi connectivity index (χ1v) is 16.5. The van der Waals surface area contributed by atoms with Gasteiger partial charge in [-0.3, -0.25) is 38.5 Å². The Bertz CT molecular complexity index is 1220. The highest BCUT2D eigenvalue weighted by molar-refractivity contribution is 6.13. The Morgan fingerprint density at radius 2 is 1.47 bits per heavy atom. The lowest BCUT2D eigenvalue weighted by molar-refractivity contribution is -0.154. The summed E-state index contributed by atoms with van der Waals surface area (Å²) in [5, 5.41) is 11.0. The molecule has 274 valence electrons. The van der Waals surface area contributed by atoms with Crippen LogP contribution in [-0.2, 0) is 57.2 Å². The first-order chi connectivity index (χ1) is 23.3. The molecule has 2 fully saturated rings. The van der Waals surface area contributed by atoms with Crippen LogP contribution in [0, 0.1) is 0 Å². The van der Waals surface area contributed by atoms with Crippen LogP contribution in [0.5, 0.6) is 0 Å². The van der Waals surface area contributed by atoms with E-state index in [1.54, 1.807) is 27.9 Å². The Morgan fingerprint density at radius 3 is 2.06 bits per heavy atom. The van der Waals surface area contributed by atoms with E-state index in [4.69, 9.17) is 23.7 Å². The number of hydrogen-bond acceptors (Lipinski definition) is 12. The maximum atomic E-state index is 13.0. The van der Waals surface area contributed by atoms with E-state index in [-0.39, 0.29) is 89.3 Å². The van der Waals surface area contributed by atoms with Crippen molar-refractivity contribution >= 4 is 41.4 Å². The molecule has 0 aliphatic carbocycles. The molecule has 5 atom stereocenters. The topological polar surface area (TPSA) is 217 Å². The zero-order chi connectivity index (χ0) is 36.0. The van der Waals surface area contributed by atoms with E-state index in [9.17, 15) is 33.6 Å². The Balaban J connectivity index is 1.45. The van der Waals surface area contributed by atoms with Crippen molar-refractivity contribution in [1.82, 2.24) is 26.2 Å². The molecule has 49 heavy (non-hydrogen) atoms. The van der Waals surface area contributed by atoms with Crippen molar-refractivity contribution in [3.05, 3.63) is 12.2 Å². The Labute approximate surface area is 285 Å². The van der Waals surface area contributed by atoms with Gasteiger partial charge in [-0.2, -0.15) is 0 Å². The van der Waals surface area contributed by atoms with E-state index < -0.39 is 59.5 Å². The number of hydrogen-bond donors (Lipinski definition) is 4. The largest absolute Gasteiger partial charge is 0.460 e. The summed E-state index contributed by atoms with van der Waals surface area (Å²) in [5.41, 5.74) is -0.682. The lowest BCUT2D eigenvalue weighted by Crippen LogP contribution is -2.48. The zero-order valence-electron chi connectivity index (χ0n) is 28.6. The molecular formula is C32H49N5O12. The average molecular weight is 696 g/mol. The van der Waals surface area contributed by atoms with Crippen molar-refractivity contribution in [2.24, 2.45) is 0 Å². The molecule has 3 rings (SSSR count). The molecule has 0 aromatic carbocycles. The van der Waals surface area contributed by atoms with E-state index in [0.29, 0.717) is 13.2 Å². The number of methoxy groups -OCH3 is 1. The van der Waals surface area contributed by atoms with Crippen molar-refractivity contribution in [2.75, 3.05) is 53.2 Å². The van der Waals surface area contributed by atoms with Crippen molar-refractivity contribution in [1.29, 1.82) is 0 Å². The second-order valence-electron chi connectivity index (χ2n) is 12.9. The normalized spacial score (nSPS) is 22.1. The smallest absolute Gasteiger partial charge is 0.308 e. The lowest BCUT2D eigenvalue weighted by atomic mass is 10.0. The Kier molecular flexibility index (Phi) is 15.6. The van der Waals surface area contributed by atoms with E-state index in [1.165, 1.54) is 0 Å². The number of ether oxygens (including phenoxy) is 5. The highest BCUT2D eigenvalue weighted by atomic mass is 16.6. The van der Waals surface area contributed by atoms with E-state index in [1.807, 2.05) is 0 Å². The summed E-state index contributed by atoms with van der Waals surface area (Å²) in [6.45, 7) is 6.52. The van der Waals surface area contributed by atoms with Gasteiger partial charge in [-0.05, 0) is 33.6 Å². The van der Waals surface area contributed by atoms with Gasteiger partial charge in [0.25, 0.3) is 11.8 Å². The number of carbonyl (C=O) groups is 7. The molecule has 0 aromatic rings. The molecule has 3 heterocycles. The fourth-order valence-corrected chi connectivity index (χ4v) is 5.38. The predicted octanol–water partition coefficient (Wildman–Crippen LogP) is -1.38. The van der Waals surface area contributed by atoms with E-state index in [0.717, 1.165) is 17.1 Å². The average Bonchev–Trinajstić information content (AvgIpc) is 3.70. The highest BCUT2D eigenvalue weighted by Crippen LogP contribution is 2.27. The van der Waals surface area contributed by atoms with Crippen LogP contribution in [0.1, 0.15) is 59.3 Å². The summed E-state index contributed by atoms with van der Waals surface area (Å²) < 4.78 is 27.2. The number of imide groups is 1. The first-order valence-electron chi connectivity index (χ1n) is 16.5. The maximum absolute atomic E-state index is 13.0. The Morgan fingerprint density at radius 1 is 0.857 bits per heavy atom. The quantitative estimate of drug-likeness (QED) is 0.0659. The van der Waals surface area contributed by atoms with Crippen molar-refractivity contribution in [3.63, 3.8) is 0 Å². The summed E-state index contributed by atoms with van der Waals surface area (Å²) >= 11 is 0. The summed E-state index contributed by atoms with van der Waals surface area (Å²) in [6.07, 6.45) is 1.56. The van der Waals surface area contributed by atoms with E-state index >= 15 is 0 Å². The number of nitrogens with one attached hydrogen (secondary N) is 4. The summed E-state index contributed by atoms with van der Waals surface area (Å²) in [7, 11) is 1.57. The SMILES string of the molecule is COCCOCCC(=O)N[C@H]1CO[C@H]2[C@@H]1OC[C@@H]2NC(=O)CCC[C@H](NC(=O)CCN1C(=O)C=CC1=O)C(=O)NCCC(=O)OC(C)(C)C. The number of fused-ring (bicyclic) bond motifs is 1. The van der Waals surface area contributed by atoms with Gasteiger partial charge in [0.15, 0.2) is 0 Å². The van der Waals surface area contributed by atoms with Gasteiger partial charge in [-0.1, -0.05) is 0 Å². The maximum Gasteiger partial charge on any atom is 0.308 e. The highest BCUT2D eigenvalue weighted by Gasteiger charge is 2.48. The van der Waals surface area contributed by atoms with Gasteiger partial charge in [-0.15, -0.1) is 0 Å². The Hall–Kier alpha value is -3.93. The number of carbonyl (C=O) groups excluding carboxylic acids is 7. The van der Waals surface area contributed by atoms with Gasteiger partial charge in [0, 0.05) is 51.6 Å². The van der Waals surface area contributed by atoms with Gasteiger partial charge in [0.1, 0.15) is 23.9 Å². The second kappa shape index (κ2) is 19.3. The monoisotopic (exact) mass is 695 g/mol. The lowest BCUT2D eigenvalue weighted by Gasteiger charge is -2.21. The molecule has 17 heteroatoms. The molecule has 3 aliphatic heterocycles. The van der Waals surface area contributed by atoms with Crippen LogP contribution in [0.3, 0.4) is 0 Å².